The molecular weight excluding hydrogens is 308 g/mol. The zero-order valence-corrected chi connectivity index (χ0v) is 11.9. The van der Waals surface area contributed by atoms with Crippen LogP contribution in [0.15, 0.2) is 30.3 Å². The van der Waals surface area contributed by atoms with Gasteiger partial charge in [-0.15, -0.1) is 0 Å². The fourth-order valence-corrected chi connectivity index (χ4v) is 3.59. The molecule has 0 fully saturated rings. The molecule has 1 aromatic carbocycles. The number of aliphatic hydroxyl groups excluding tert-OH is 1. The molecule has 1 aromatic rings. The van der Waals surface area contributed by atoms with Crippen molar-refractivity contribution in [3.63, 3.8) is 0 Å². The van der Waals surface area contributed by atoms with Crippen LogP contribution in [-0.2, 0) is 25.8 Å². The van der Waals surface area contributed by atoms with Crippen LogP contribution in [0.3, 0.4) is 0 Å². The predicted molar refractivity (Wildman–Crippen MR) is 71.9 cm³/mol. The van der Waals surface area contributed by atoms with Crippen LogP contribution in [0.4, 0.5) is 5.69 Å². The number of hydrogen-bond donors (Lipinski definition) is 3. The van der Waals surface area contributed by atoms with Gasteiger partial charge in [0.25, 0.3) is 0 Å². The fraction of sp³-hybridized carbons (Fsp3) is 0.200. The Morgan fingerprint density at radius 2 is 1.95 bits per heavy atom. The third kappa shape index (κ3) is 2.96. The topological polar surface area (TPSA) is 124 Å². The number of benzene rings is 1. The van der Waals surface area contributed by atoms with Gasteiger partial charge in [-0.25, -0.2) is 17.4 Å². The number of nitrogens with zero attached hydrogens (tertiary/aromatic N) is 1. The van der Waals surface area contributed by atoms with Crippen molar-refractivity contribution in [1.82, 2.24) is 4.72 Å². The normalized spacial score (nSPS) is 17.6. The molecule has 3 N–H and O–H groups in total. The first-order chi connectivity index (χ1) is 9.08. The van der Waals surface area contributed by atoms with E-state index in [-0.39, 0.29) is 11.4 Å². The first-order valence-electron chi connectivity index (χ1n) is 5.31. The second-order valence-corrected chi connectivity index (χ2v) is 8.00. The Balaban J connectivity index is 2.41. The number of aliphatic hydroxyl groups is 1. The van der Waals surface area contributed by atoms with Gasteiger partial charge in [0.1, 0.15) is 11.4 Å². The van der Waals surface area contributed by atoms with Gasteiger partial charge >= 0.3 is 10.2 Å². The fourth-order valence-electron chi connectivity index (χ4n) is 1.74. The maximum absolute atomic E-state index is 11.6. The molecule has 0 amide bonds. The first-order valence-corrected chi connectivity index (χ1v) is 8.81. The van der Waals surface area contributed by atoms with Gasteiger partial charge in [0.05, 0.1) is 12.0 Å². The number of hydrogen-bond acceptors (Lipinski definition) is 6. The molecule has 0 atom stereocenters. The zero-order valence-electron chi connectivity index (χ0n) is 10.3. The number of phenolic OH excluding ortho intramolecular Hbond substituents is 1. The highest BCUT2D eigenvalue weighted by atomic mass is 32.2. The van der Waals surface area contributed by atoms with Crippen molar-refractivity contribution in [2.45, 2.75) is 5.75 Å². The molecule has 2 rings (SSSR count). The molecule has 10 heteroatoms. The summed E-state index contributed by atoms with van der Waals surface area (Å²) in [6, 6.07) is 3.80. The van der Waals surface area contributed by atoms with E-state index >= 15 is 0 Å². The monoisotopic (exact) mass is 320 g/mol. The first kappa shape index (κ1) is 14.5. The van der Waals surface area contributed by atoms with E-state index in [9.17, 15) is 21.9 Å². The SMILES string of the molecule is CS(=O)(=O)Cc1ccc(N2C=C(O)NS2(=O)=O)c(O)c1. The van der Waals surface area contributed by atoms with Crippen molar-refractivity contribution in [2.75, 3.05) is 10.6 Å². The molecule has 1 aliphatic rings. The van der Waals surface area contributed by atoms with Crippen molar-refractivity contribution in [1.29, 1.82) is 0 Å². The minimum Gasteiger partial charge on any atom is -0.506 e. The average molecular weight is 320 g/mol. The van der Waals surface area contributed by atoms with Crippen molar-refractivity contribution < 1.29 is 27.0 Å². The Morgan fingerprint density at radius 1 is 1.30 bits per heavy atom. The third-order valence-electron chi connectivity index (χ3n) is 2.44. The molecule has 0 saturated heterocycles. The lowest BCUT2D eigenvalue weighted by atomic mass is 10.2. The Kier molecular flexibility index (Phi) is 3.30. The van der Waals surface area contributed by atoms with E-state index in [1.54, 1.807) is 0 Å². The van der Waals surface area contributed by atoms with E-state index in [0.717, 1.165) is 18.5 Å². The van der Waals surface area contributed by atoms with Crippen LogP contribution in [0.25, 0.3) is 0 Å². The highest BCUT2D eigenvalue weighted by Gasteiger charge is 2.30. The number of aromatic hydroxyl groups is 1. The molecule has 0 unspecified atom stereocenters. The molecule has 0 aliphatic carbocycles. The van der Waals surface area contributed by atoms with Crippen molar-refractivity contribution >= 4 is 25.7 Å². The predicted octanol–water partition coefficient (Wildman–Crippen LogP) is -0.0519. The molecule has 0 aromatic heterocycles. The summed E-state index contributed by atoms with van der Waals surface area (Å²) in [5.41, 5.74) is 0.227. The van der Waals surface area contributed by atoms with Gasteiger partial charge in [0.15, 0.2) is 9.84 Å². The van der Waals surface area contributed by atoms with Gasteiger partial charge in [0.2, 0.25) is 5.88 Å². The third-order valence-corrected chi connectivity index (χ3v) is 4.58. The number of sulfone groups is 1. The summed E-state index contributed by atoms with van der Waals surface area (Å²) in [6.45, 7) is 0. The lowest BCUT2D eigenvalue weighted by Crippen LogP contribution is -2.29. The van der Waals surface area contributed by atoms with Crippen molar-refractivity contribution in [2.24, 2.45) is 0 Å². The van der Waals surface area contributed by atoms with E-state index in [1.807, 2.05) is 4.72 Å². The van der Waals surface area contributed by atoms with E-state index < -0.39 is 31.7 Å². The van der Waals surface area contributed by atoms with Gasteiger partial charge in [0, 0.05) is 6.26 Å². The minimum absolute atomic E-state index is 0.0983. The Hall–Kier alpha value is -1.94. The van der Waals surface area contributed by atoms with Crippen LogP contribution >= 0.6 is 0 Å². The van der Waals surface area contributed by atoms with E-state index in [1.165, 1.54) is 12.1 Å². The Labute approximate surface area is 116 Å². The molecule has 8 nitrogen and oxygen atoms in total. The second-order valence-electron chi connectivity index (χ2n) is 4.31. The van der Waals surface area contributed by atoms with Gasteiger partial charge in [-0.05, 0) is 17.7 Å². The Morgan fingerprint density at radius 3 is 2.40 bits per heavy atom. The van der Waals surface area contributed by atoms with Crippen LogP contribution in [0.2, 0.25) is 0 Å². The van der Waals surface area contributed by atoms with Crippen LogP contribution < -0.4 is 9.03 Å². The average Bonchev–Trinajstić information content (AvgIpc) is 2.49. The summed E-state index contributed by atoms with van der Waals surface area (Å²) in [6.07, 6.45) is 1.94. The number of phenols is 1. The maximum atomic E-state index is 11.6. The van der Waals surface area contributed by atoms with Crippen molar-refractivity contribution in [3.05, 3.63) is 35.8 Å². The molecule has 0 bridgehead atoms. The summed E-state index contributed by atoms with van der Waals surface area (Å²) in [5.74, 6) is -1.26. The summed E-state index contributed by atoms with van der Waals surface area (Å²) >= 11 is 0. The lowest BCUT2D eigenvalue weighted by Gasteiger charge is -2.15. The van der Waals surface area contributed by atoms with Crippen LogP contribution in [-0.4, -0.2) is 33.3 Å². The molecular formula is C10H12N2O6S2. The van der Waals surface area contributed by atoms with Gasteiger partial charge in [-0.2, -0.15) is 8.42 Å². The van der Waals surface area contributed by atoms with Crippen LogP contribution in [0.1, 0.15) is 5.56 Å². The summed E-state index contributed by atoms with van der Waals surface area (Å²) in [4.78, 5) is 0. The second kappa shape index (κ2) is 4.56. The van der Waals surface area contributed by atoms with Gasteiger partial charge in [-0.1, -0.05) is 6.07 Å². The van der Waals surface area contributed by atoms with Crippen LogP contribution in [0, 0.1) is 0 Å². The van der Waals surface area contributed by atoms with E-state index in [4.69, 9.17) is 5.11 Å². The highest BCUT2D eigenvalue weighted by Crippen LogP contribution is 2.32. The quantitative estimate of drug-likeness (QED) is 0.717. The highest BCUT2D eigenvalue weighted by molar-refractivity contribution is 7.91. The standard InChI is InChI=1S/C10H12N2O6S2/c1-19(15,16)6-7-2-3-8(9(13)4-7)12-5-10(14)11-20(12,17)18/h2-5,11,13-14H,6H2,1H3. The van der Waals surface area contributed by atoms with E-state index in [2.05, 4.69) is 0 Å². The largest absolute Gasteiger partial charge is 0.506 e. The van der Waals surface area contributed by atoms with Crippen molar-refractivity contribution in [3.8, 4) is 5.75 Å². The summed E-state index contributed by atoms with van der Waals surface area (Å²) in [7, 11) is -7.26. The molecule has 0 saturated carbocycles. The lowest BCUT2D eigenvalue weighted by molar-refractivity contribution is 0.392. The smallest absolute Gasteiger partial charge is 0.330 e. The number of nitrogens with one attached hydrogen (secondary N) is 1. The molecule has 0 spiro atoms. The van der Waals surface area contributed by atoms with Gasteiger partial charge < -0.3 is 10.2 Å². The van der Waals surface area contributed by atoms with Crippen LogP contribution in [0.5, 0.6) is 5.75 Å². The molecule has 110 valence electrons. The molecule has 20 heavy (non-hydrogen) atoms. The minimum atomic E-state index is -4.00. The summed E-state index contributed by atoms with van der Waals surface area (Å²) < 4.78 is 48.1. The number of rotatable bonds is 3. The molecule has 1 heterocycles. The van der Waals surface area contributed by atoms with Gasteiger partial charge in [-0.3, -0.25) is 0 Å². The maximum Gasteiger partial charge on any atom is 0.330 e. The Bertz CT molecular complexity index is 782. The zero-order chi connectivity index (χ0) is 15.1. The summed E-state index contributed by atoms with van der Waals surface area (Å²) in [5, 5.41) is 19.0. The number of anilines is 1. The molecule has 1 aliphatic heterocycles. The molecule has 0 radical (unpaired) electrons. The van der Waals surface area contributed by atoms with E-state index in [0.29, 0.717) is 9.87 Å².